The van der Waals surface area contributed by atoms with Crippen LogP contribution in [0.3, 0.4) is 0 Å². The van der Waals surface area contributed by atoms with Crippen molar-refractivity contribution in [2.75, 3.05) is 11.9 Å². The molecule has 0 aromatic heterocycles. The van der Waals surface area contributed by atoms with Crippen molar-refractivity contribution in [1.82, 2.24) is 0 Å². The minimum absolute atomic E-state index is 0.382. The fourth-order valence-corrected chi connectivity index (χ4v) is 2.96. The van der Waals surface area contributed by atoms with Crippen LogP contribution in [0.4, 0.5) is 5.69 Å². The number of aliphatic hydroxyl groups is 1. The van der Waals surface area contributed by atoms with Gasteiger partial charge in [-0.15, -0.1) is 0 Å². The molecule has 0 saturated carbocycles. The molecular formula is C10H11ClINO. The van der Waals surface area contributed by atoms with Gasteiger partial charge in [0.05, 0.1) is 11.8 Å². The molecule has 1 aromatic rings. The molecule has 0 saturated heterocycles. The summed E-state index contributed by atoms with van der Waals surface area (Å²) in [5.74, 6) is 0. The van der Waals surface area contributed by atoms with E-state index < -0.39 is 0 Å². The number of anilines is 1. The molecule has 0 radical (unpaired) electrons. The average Bonchev–Trinajstić information content (AvgIpc) is 2.29. The first kappa shape index (κ1) is 10.5. The molecule has 4 heteroatoms. The van der Waals surface area contributed by atoms with E-state index in [9.17, 15) is 5.11 Å². The van der Waals surface area contributed by atoms with Gasteiger partial charge in [0.25, 0.3) is 0 Å². The summed E-state index contributed by atoms with van der Waals surface area (Å²) in [5, 5.41) is 13.9. The van der Waals surface area contributed by atoms with E-state index in [1.165, 1.54) is 0 Å². The Kier molecular flexibility index (Phi) is 3.19. The first-order valence-corrected chi connectivity index (χ1v) is 6.05. The number of benzene rings is 1. The van der Waals surface area contributed by atoms with Crippen molar-refractivity contribution in [2.45, 2.75) is 18.9 Å². The predicted molar refractivity (Wildman–Crippen MR) is 66.9 cm³/mol. The van der Waals surface area contributed by atoms with E-state index in [1.54, 1.807) is 0 Å². The summed E-state index contributed by atoms with van der Waals surface area (Å²) in [7, 11) is 0. The second kappa shape index (κ2) is 4.24. The molecule has 0 spiro atoms. The quantitative estimate of drug-likeness (QED) is 0.719. The lowest BCUT2D eigenvalue weighted by Crippen LogP contribution is -2.02. The number of hydrogen-bond acceptors (Lipinski definition) is 2. The van der Waals surface area contributed by atoms with Crippen LogP contribution in [0.25, 0.3) is 0 Å². The Hall–Kier alpha value is -0.0000000000000000555. The van der Waals surface area contributed by atoms with Gasteiger partial charge in [-0.05, 0) is 47.6 Å². The van der Waals surface area contributed by atoms with Gasteiger partial charge in [0.15, 0.2) is 0 Å². The molecule has 0 fully saturated rings. The minimum Gasteiger partial charge on any atom is -0.388 e. The van der Waals surface area contributed by atoms with Gasteiger partial charge >= 0.3 is 0 Å². The van der Waals surface area contributed by atoms with Gasteiger partial charge in [-0.3, -0.25) is 0 Å². The summed E-state index contributed by atoms with van der Waals surface area (Å²) in [6.45, 7) is 0.918. The van der Waals surface area contributed by atoms with E-state index in [-0.39, 0.29) is 6.10 Å². The number of fused-ring (bicyclic) bond motifs is 1. The van der Waals surface area contributed by atoms with Gasteiger partial charge in [0, 0.05) is 20.7 Å². The lowest BCUT2D eigenvalue weighted by molar-refractivity contribution is 0.168. The fraction of sp³-hybridized carbons (Fsp3) is 0.400. The number of halogens is 2. The lowest BCUT2D eigenvalue weighted by atomic mass is 10.1. The third-order valence-corrected chi connectivity index (χ3v) is 3.47. The van der Waals surface area contributed by atoms with Crippen molar-refractivity contribution in [3.05, 3.63) is 26.3 Å². The molecule has 2 rings (SSSR count). The molecule has 76 valence electrons. The van der Waals surface area contributed by atoms with Crippen molar-refractivity contribution >= 4 is 39.9 Å². The largest absolute Gasteiger partial charge is 0.388 e. The summed E-state index contributed by atoms with van der Waals surface area (Å²) in [5.41, 5.74) is 1.97. The van der Waals surface area contributed by atoms with Crippen molar-refractivity contribution in [1.29, 1.82) is 0 Å². The Labute approximate surface area is 102 Å². The molecule has 1 aliphatic heterocycles. The van der Waals surface area contributed by atoms with Crippen molar-refractivity contribution in [2.24, 2.45) is 0 Å². The second-order valence-electron chi connectivity index (χ2n) is 3.44. The van der Waals surface area contributed by atoms with Gasteiger partial charge < -0.3 is 10.4 Å². The number of hydrogen-bond donors (Lipinski definition) is 2. The summed E-state index contributed by atoms with van der Waals surface area (Å²) < 4.78 is 1.08. The normalized spacial score (nSPS) is 20.9. The molecule has 0 bridgehead atoms. The second-order valence-corrected chi connectivity index (χ2v) is 5.04. The number of aliphatic hydroxyl groups excluding tert-OH is 1. The monoisotopic (exact) mass is 323 g/mol. The Morgan fingerprint density at radius 1 is 1.50 bits per heavy atom. The van der Waals surface area contributed by atoms with Gasteiger partial charge in [-0.1, -0.05) is 11.6 Å². The average molecular weight is 324 g/mol. The van der Waals surface area contributed by atoms with E-state index in [0.29, 0.717) is 5.02 Å². The van der Waals surface area contributed by atoms with Crippen LogP contribution in [-0.4, -0.2) is 11.7 Å². The van der Waals surface area contributed by atoms with Crippen LogP contribution in [0.15, 0.2) is 12.1 Å². The zero-order chi connectivity index (χ0) is 10.1. The Morgan fingerprint density at radius 2 is 2.29 bits per heavy atom. The van der Waals surface area contributed by atoms with Gasteiger partial charge in [0.1, 0.15) is 0 Å². The maximum absolute atomic E-state index is 9.89. The maximum Gasteiger partial charge on any atom is 0.0811 e. The van der Waals surface area contributed by atoms with Crippen molar-refractivity contribution < 1.29 is 5.11 Å². The Morgan fingerprint density at radius 3 is 3.07 bits per heavy atom. The third-order valence-electron chi connectivity index (χ3n) is 2.40. The maximum atomic E-state index is 9.89. The molecule has 2 N–H and O–H groups in total. The number of rotatable bonds is 0. The van der Waals surface area contributed by atoms with E-state index >= 15 is 0 Å². The van der Waals surface area contributed by atoms with E-state index in [2.05, 4.69) is 27.9 Å². The summed E-state index contributed by atoms with van der Waals surface area (Å²) >= 11 is 8.19. The summed E-state index contributed by atoms with van der Waals surface area (Å²) in [6, 6.07) is 3.76. The molecule has 0 aliphatic carbocycles. The van der Waals surface area contributed by atoms with Crippen LogP contribution in [0, 0.1) is 3.57 Å². The van der Waals surface area contributed by atoms with E-state index in [4.69, 9.17) is 11.6 Å². The topological polar surface area (TPSA) is 32.3 Å². The van der Waals surface area contributed by atoms with Crippen LogP contribution >= 0.6 is 34.2 Å². The lowest BCUT2D eigenvalue weighted by Gasteiger charge is -2.13. The third kappa shape index (κ3) is 1.99. The van der Waals surface area contributed by atoms with E-state index in [1.807, 2.05) is 12.1 Å². The SMILES string of the molecule is OC1CCCNc2c(I)cc(Cl)cc21. The predicted octanol–water partition coefficient (Wildman–Crippen LogP) is 3.18. The molecule has 1 aliphatic rings. The van der Waals surface area contributed by atoms with Crippen molar-refractivity contribution in [3.63, 3.8) is 0 Å². The van der Waals surface area contributed by atoms with Crippen LogP contribution in [0.2, 0.25) is 5.02 Å². The first-order valence-electron chi connectivity index (χ1n) is 4.59. The Bertz CT molecular complexity index is 356. The van der Waals surface area contributed by atoms with Crippen LogP contribution < -0.4 is 5.32 Å². The molecule has 1 aromatic carbocycles. The highest BCUT2D eigenvalue weighted by Crippen LogP contribution is 2.35. The fourth-order valence-electron chi connectivity index (χ4n) is 1.71. The molecule has 0 amide bonds. The Balaban J connectivity index is 2.53. The highest BCUT2D eigenvalue weighted by Gasteiger charge is 2.18. The molecule has 2 nitrogen and oxygen atoms in total. The highest BCUT2D eigenvalue weighted by atomic mass is 127. The van der Waals surface area contributed by atoms with Crippen molar-refractivity contribution in [3.8, 4) is 0 Å². The molecule has 1 heterocycles. The molecule has 14 heavy (non-hydrogen) atoms. The standard InChI is InChI=1S/C10H11ClINO/c11-6-4-7-9(14)2-1-3-13-10(7)8(12)5-6/h4-5,9,13-14H,1-3H2. The highest BCUT2D eigenvalue weighted by molar-refractivity contribution is 14.1. The molecule has 1 unspecified atom stereocenters. The van der Waals surface area contributed by atoms with Gasteiger partial charge in [0.2, 0.25) is 0 Å². The summed E-state index contributed by atoms with van der Waals surface area (Å²) in [4.78, 5) is 0. The van der Waals surface area contributed by atoms with Gasteiger partial charge in [-0.2, -0.15) is 0 Å². The van der Waals surface area contributed by atoms with Gasteiger partial charge in [-0.25, -0.2) is 0 Å². The van der Waals surface area contributed by atoms with Crippen LogP contribution in [0.1, 0.15) is 24.5 Å². The first-order chi connectivity index (χ1) is 6.68. The zero-order valence-electron chi connectivity index (χ0n) is 7.56. The zero-order valence-corrected chi connectivity index (χ0v) is 10.5. The number of nitrogens with one attached hydrogen (secondary N) is 1. The molecular weight excluding hydrogens is 312 g/mol. The van der Waals surface area contributed by atoms with E-state index in [0.717, 1.165) is 34.2 Å². The minimum atomic E-state index is -0.382. The van der Waals surface area contributed by atoms with Crippen LogP contribution in [-0.2, 0) is 0 Å². The summed E-state index contributed by atoms with van der Waals surface area (Å²) in [6.07, 6.45) is 1.41. The molecule has 1 atom stereocenters. The van der Waals surface area contributed by atoms with Crippen LogP contribution in [0.5, 0.6) is 0 Å². The smallest absolute Gasteiger partial charge is 0.0811 e.